The minimum Gasteiger partial charge on any atom is -0.352 e. The second-order valence-corrected chi connectivity index (χ2v) is 12.9. The second kappa shape index (κ2) is 10.1. The van der Waals surface area contributed by atoms with Crippen LogP contribution in [0.3, 0.4) is 0 Å². The third-order valence-corrected chi connectivity index (χ3v) is 8.16. The number of benzene rings is 1. The van der Waals surface area contributed by atoms with Gasteiger partial charge in [0.1, 0.15) is 0 Å². The van der Waals surface area contributed by atoms with Gasteiger partial charge in [-0.2, -0.15) is 18.3 Å². The van der Waals surface area contributed by atoms with E-state index < -0.39 is 17.8 Å². The highest BCUT2D eigenvalue weighted by molar-refractivity contribution is 5.82. The summed E-state index contributed by atoms with van der Waals surface area (Å²) >= 11 is 0. The van der Waals surface area contributed by atoms with Crippen LogP contribution in [0.25, 0.3) is 0 Å². The molecule has 5 nitrogen and oxygen atoms in total. The summed E-state index contributed by atoms with van der Waals surface area (Å²) in [4.78, 5) is 13.3. The van der Waals surface area contributed by atoms with Gasteiger partial charge >= 0.3 is 6.18 Å². The van der Waals surface area contributed by atoms with Crippen LogP contribution in [0.1, 0.15) is 102 Å². The molecule has 2 aliphatic rings. The van der Waals surface area contributed by atoms with Crippen molar-refractivity contribution >= 4 is 5.91 Å². The highest BCUT2D eigenvalue weighted by Gasteiger charge is 2.41. The van der Waals surface area contributed by atoms with Gasteiger partial charge in [0.15, 0.2) is 0 Å². The Morgan fingerprint density at radius 2 is 1.59 bits per heavy atom. The minimum absolute atomic E-state index is 0.0334. The Labute approximate surface area is 218 Å². The average molecular weight is 519 g/mol. The molecule has 3 atom stereocenters. The summed E-state index contributed by atoms with van der Waals surface area (Å²) in [6.45, 7) is 13.0. The fourth-order valence-corrected chi connectivity index (χ4v) is 5.79. The first-order valence-electron chi connectivity index (χ1n) is 13.4. The third-order valence-electron chi connectivity index (χ3n) is 8.16. The van der Waals surface area contributed by atoms with Crippen molar-refractivity contribution in [1.29, 1.82) is 0 Å². The van der Waals surface area contributed by atoms with E-state index in [9.17, 15) is 18.0 Å². The van der Waals surface area contributed by atoms with Crippen LogP contribution in [0.15, 0.2) is 36.5 Å². The summed E-state index contributed by atoms with van der Waals surface area (Å²) < 4.78 is 41.4. The van der Waals surface area contributed by atoms with Crippen LogP contribution in [0.2, 0.25) is 0 Å². The molecule has 1 aliphatic carbocycles. The van der Waals surface area contributed by atoms with Gasteiger partial charge in [0, 0.05) is 24.2 Å². The maximum Gasteiger partial charge on any atom is 0.416 e. The molecule has 2 heterocycles. The molecule has 2 aromatic rings. The topological polar surface area (TPSA) is 59.0 Å². The number of rotatable bonds is 4. The summed E-state index contributed by atoms with van der Waals surface area (Å²) in [6, 6.07) is 6.64. The summed E-state index contributed by atoms with van der Waals surface area (Å²) in [5.74, 6) is 0.498. The minimum atomic E-state index is -4.39. The Morgan fingerprint density at radius 3 is 2.11 bits per heavy atom. The number of amides is 1. The molecule has 0 unspecified atom stereocenters. The van der Waals surface area contributed by atoms with Crippen LogP contribution in [0.4, 0.5) is 13.2 Å². The third kappa shape index (κ3) is 6.39. The molecule has 1 saturated heterocycles. The number of nitrogens with zero attached hydrogens (tertiary/aromatic N) is 2. The van der Waals surface area contributed by atoms with Gasteiger partial charge < -0.3 is 5.32 Å². The molecule has 0 radical (unpaired) electrons. The molecule has 8 heteroatoms. The Hall–Kier alpha value is -2.35. The normalized spacial score (nSPS) is 27.3. The number of hydrogen-bond acceptors (Lipinski definition) is 3. The monoisotopic (exact) mass is 518 g/mol. The molecule has 4 rings (SSSR count). The Morgan fingerprint density at radius 1 is 0.973 bits per heavy atom. The van der Waals surface area contributed by atoms with Crippen molar-refractivity contribution < 1.29 is 18.0 Å². The van der Waals surface area contributed by atoms with Gasteiger partial charge in [0.2, 0.25) is 5.91 Å². The second-order valence-electron chi connectivity index (χ2n) is 12.9. The van der Waals surface area contributed by atoms with Crippen molar-refractivity contribution in [2.45, 2.75) is 109 Å². The Kier molecular flexibility index (Phi) is 7.54. The molecule has 1 amide bonds. The van der Waals surface area contributed by atoms with Crippen LogP contribution >= 0.6 is 0 Å². The van der Waals surface area contributed by atoms with Crippen LogP contribution in [0, 0.1) is 11.3 Å². The number of aromatic nitrogens is 2. The van der Waals surface area contributed by atoms with Crippen LogP contribution < -0.4 is 10.6 Å². The van der Waals surface area contributed by atoms with Gasteiger partial charge in [0.05, 0.1) is 22.8 Å². The van der Waals surface area contributed by atoms with Gasteiger partial charge in [-0.15, -0.1) is 0 Å². The van der Waals surface area contributed by atoms with Crippen molar-refractivity contribution in [2.75, 3.05) is 0 Å². The largest absolute Gasteiger partial charge is 0.416 e. The molecule has 1 aliphatic heterocycles. The molecular formula is C29H41F3N4O. The fraction of sp³-hybridized carbons (Fsp3) is 0.655. The molecule has 1 aromatic heterocycles. The smallest absolute Gasteiger partial charge is 0.352 e. The number of hydrogen-bond donors (Lipinski definition) is 2. The first-order valence-corrected chi connectivity index (χ1v) is 13.4. The zero-order valence-corrected chi connectivity index (χ0v) is 22.8. The zero-order chi connectivity index (χ0) is 27.2. The van der Waals surface area contributed by atoms with E-state index in [1.165, 1.54) is 12.1 Å². The molecule has 0 spiro atoms. The number of carbonyl (C=O) groups is 1. The predicted molar refractivity (Wildman–Crippen MR) is 139 cm³/mol. The van der Waals surface area contributed by atoms with E-state index >= 15 is 0 Å². The molecule has 0 bridgehead atoms. The lowest BCUT2D eigenvalue weighted by molar-refractivity contribution is -0.137. The van der Waals surface area contributed by atoms with Gasteiger partial charge in [-0.3, -0.25) is 14.8 Å². The molecule has 2 N–H and O–H groups in total. The van der Waals surface area contributed by atoms with Crippen LogP contribution in [0.5, 0.6) is 0 Å². The van der Waals surface area contributed by atoms with Crippen LogP contribution in [-0.2, 0) is 16.5 Å². The highest BCUT2D eigenvalue weighted by Crippen LogP contribution is 2.42. The molecule has 37 heavy (non-hydrogen) atoms. The van der Waals surface area contributed by atoms with E-state index in [1.807, 2.05) is 16.9 Å². The summed E-state index contributed by atoms with van der Waals surface area (Å²) in [5, 5.41) is 11.5. The van der Waals surface area contributed by atoms with Crippen molar-refractivity contribution in [3.05, 3.63) is 53.3 Å². The van der Waals surface area contributed by atoms with Gasteiger partial charge in [-0.25, -0.2) is 0 Å². The number of halogens is 3. The average Bonchev–Trinajstić information content (AvgIpc) is 3.46. The fourth-order valence-electron chi connectivity index (χ4n) is 5.79. The predicted octanol–water partition coefficient (Wildman–Crippen LogP) is 6.56. The van der Waals surface area contributed by atoms with Crippen molar-refractivity contribution in [3.8, 4) is 0 Å². The lowest BCUT2D eigenvalue weighted by Crippen LogP contribution is -2.47. The van der Waals surface area contributed by atoms with Gasteiger partial charge in [-0.05, 0) is 88.0 Å². The van der Waals surface area contributed by atoms with Gasteiger partial charge in [0.25, 0.3) is 0 Å². The van der Waals surface area contributed by atoms with Crippen molar-refractivity contribution in [3.63, 3.8) is 0 Å². The lowest BCUT2D eigenvalue weighted by Gasteiger charge is -2.37. The molecule has 2 fully saturated rings. The van der Waals surface area contributed by atoms with Gasteiger partial charge in [-0.1, -0.05) is 32.9 Å². The summed E-state index contributed by atoms with van der Waals surface area (Å²) in [6.07, 6.45) is 2.24. The first kappa shape index (κ1) is 27.7. The van der Waals surface area contributed by atoms with Crippen LogP contribution in [-0.4, -0.2) is 27.8 Å². The van der Waals surface area contributed by atoms with E-state index in [0.717, 1.165) is 49.1 Å². The number of carbonyl (C=O) groups excluding carboxylic acids is 1. The Balaban J connectivity index is 1.51. The Bertz CT molecular complexity index is 1070. The standard InChI is InChI=1S/C29H41F3N4O/c1-27(2,3)19-11-13-21(14-12-19)33-26(37)24-17-22(23-15-16-36(35-23)28(4,5)6)25(34-24)18-7-9-20(10-8-18)29(30,31)32/h7-10,15-16,19,21-22,24-25,34H,11-14,17H2,1-6H3,(H,33,37)/t19?,21?,22-,24+,25+/m1/s1. The van der Waals surface area contributed by atoms with E-state index in [-0.39, 0.29) is 34.9 Å². The first-order chi connectivity index (χ1) is 17.1. The maximum absolute atomic E-state index is 13.3. The summed E-state index contributed by atoms with van der Waals surface area (Å²) in [5.41, 5.74) is 0.970. The van der Waals surface area contributed by atoms with Crippen molar-refractivity contribution in [2.24, 2.45) is 11.3 Å². The van der Waals surface area contributed by atoms with E-state index in [2.05, 4.69) is 52.2 Å². The lowest BCUT2D eigenvalue weighted by atomic mass is 9.71. The molecule has 1 aromatic carbocycles. The van der Waals surface area contributed by atoms with Crippen molar-refractivity contribution in [1.82, 2.24) is 20.4 Å². The molecule has 204 valence electrons. The molecule has 1 saturated carbocycles. The van der Waals surface area contributed by atoms with E-state index in [0.29, 0.717) is 12.3 Å². The SMILES string of the molecule is CC(C)(C)C1CCC(NC(=O)[C@@H]2C[C@H](c3ccn(C(C)(C)C)n3)[C@H](c3ccc(C(F)(F)F)cc3)N2)CC1. The summed E-state index contributed by atoms with van der Waals surface area (Å²) in [7, 11) is 0. The number of nitrogens with one attached hydrogen (secondary N) is 2. The maximum atomic E-state index is 13.3. The quantitative estimate of drug-likeness (QED) is 0.482. The van der Waals surface area contributed by atoms with E-state index in [1.54, 1.807) is 0 Å². The van der Waals surface area contributed by atoms with E-state index in [4.69, 9.17) is 5.10 Å². The molecular weight excluding hydrogens is 477 g/mol. The highest BCUT2D eigenvalue weighted by atomic mass is 19.4. The zero-order valence-electron chi connectivity index (χ0n) is 22.8. The number of alkyl halides is 3.